The lowest BCUT2D eigenvalue weighted by Crippen LogP contribution is -2.12. The summed E-state index contributed by atoms with van der Waals surface area (Å²) in [6.45, 7) is 2.18. The van der Waals surface area contributed by atoms with E-state index in [-0.39, 0.29) is 4.90 Å². The molecule has 0 aromatic carbocycles. The van der Waals surface area contributed by atoms with Crippen LogP contribution in [0.3, 0.4) is 0 Å². The summed E-state index contributed by atoms with van der Waals surface area (Å²) in [5.74, 6) is 0. The Balaban J connectivity index is 2.33. The Hall–Kier alpha value is -0.480. The average Bonchev–Trinajstić information content (AvgIpc) is 2.84. The SMILES string of the molecule is Cc1cnc(NS(=O)(=O)c2cc(CN)sc2Br)s1. The number of rotatable bonds is 4. The summed E-state index contributed by atoms with van der Waals surface area (Å²) in [4.78, 5) is 5.92. The van der Waals surface area contributed by atoms with E-state index < -0.39 is 10.0 Å². The van der Waals surface area contributed by atoms with Crippen molar-refractivity contribution in [3.8, 4) is 0 Å². The van der Waals surface area contributed by atoms with Crippen LogP contribution >= 0.6 is 38.6 Å². The molecule has 0 atom stereocenters. The first-order valence-electron chi connectivity index (χ1n) is 4.86. The summed E-state index contributed by atoms with van der Waals surface area (Å²) >= 11 is 5.84. The fourth-order valence-corrected chi connectivity index (χ4v) is 5.72. The summed E-state index contributed by atoms with van der Waals surface area (Å²) < 4.78 is 27.3. The minimum Gasteiger partial charge on any atom is -0.326 e. The highest BCUT2D eigenvalue weighted by Crippen LogP contribution is 2.33. The number of nitrogens with zero attached hydrogens (tertiary/aromatic N) is 1. The van der Waals surface area contributed by atoms with Crippen LogP contribution in [0.4, 0.5) is 5.13 Å². The summed E-state index contributed by atoms with van der Waals surface area (Å²) in [5.41, 5.74) is 5.50. The summed E-state index contributed by atoms with van der Waals surface area (Å²) in [6, 6.07) is 1.57. The van der Waals surface area contributed by atoms with Gasteiger partial charge in [0.2, 0.25) is 0 Å². The number of nitrogens with one attached hydrogen (secondary N) is 1. The van der Waals surface area contributed by atoms with Crippen molar-refractivity contribution in [2.45, 2.75) is 18.4 Å². The molecule has 0 bridgehead atoms. The molecule has 0 amide bonds. The maximum atomic E-state index is 12.2. The molecule has 0 aliphatic rings. The number of halogens is 1. The average molecular weight is 368 g/mol. The number of aromatic nitrogens is 1. The third-order valence-electron chi connectivity index (χ3n) is 2.04. The second kappa shape index (κ2) is 5.25. The Labute approximate surface area is 121 Å². The van der Waals surface area contributed by atoms with E-state index >= 15 is 0 Å². The second-order valence-electron chi connectivity index (χ2n) is 3.44. The van der Waals surface area contributed by atoms with E-state index in [1.807, 2.05) is 6.92 Å². The molecule has 2 aromatic heterocycles. The maximum Gasteiger partial charge on any atom is 0.265 e. The fraction of sp³-hybridized carbons (Fsp3) is 0.222. The van der Waals surface area contributed by atoms with Crippen LogP contribution in [0.15, 0.2) is 20.9 Å². The molecule has 2 aromatic rings. The first-order chi connectivity index (χ1) is 8.42. The van der Waals surface area contributed by atoms with Crippen molar-refractivity contribution in [1.29, 1.82) is 0 Å². The molecule has 5 nitrogen and oxygen atoms in total. The summed E-state index contributed by atoms with van der Waals surface area (Å²) in [6.07, 6.45) is 1.62. The van der Waals surface area contributed by atoms with Crippen molar-refractivity contribution in [2.24, 2.45) is 5.73 Å². The molecule has 3 N–H and O–H groups in total. The Bertz CT molecular complexity index is 662. The van der Waals surface area contributed by atoms with Crippen LogP contribution in [-0.4, -0.2) is 13.4 Å². The fourth-order valence-electron chi connectivity index (χ4n) is 1.25. The lowest BCUT2D eigenvalue weighted by atomic mass is 10.5. The van der Waals surface area contributed by atoms with Gasteiger partial charge in [-0.15, -0.1) is 22.7 Å². The number of thiazole rings is 1. The molecule has 0 fully saturated rings. The Morgan fingerprint density at radius 2 is 2.22 bits per heavy atom. The van der Waals surface area contributed by atoms with Gasteiger partial charge >= 0.3 is 0 Å². The van der Waals surface area contributed by atoms with Crippen LogP contribution in [0.1, 0.15) is 9.75 Å². The number of thiophene rings is 1. The van der Waals surface area contributed by atoms with Crippen LogP contribution < -0.4 is 10.5 Å². The quantitative estimate of drug-likeness (QED) is 0.869. The number of hydrogen-bond donors (Lipinski definition) is 2. The number of anilines is 1. The van der Waals surface area contributed by atoms with Crippen molar-refractivity contribution in [3.05, 3.63) is 25.8 Å². The molecule has 0 aliphatic heterocycles. The molecule has 9 heteroatoms. The topological polar surface area (TPSA) is 85.1 Å². The normalized spacial score (nSPS) is 11.7. The minimum atomic E-state index is -3.61. The molecule has 2 rings (SSSR count). The van der Waals surface area contributed by atoms with Crippen LogP contribution in [0.5, 0.6) is 0 Å². The third-order valence-corrected chi connectivity index (χ3v) is 6.61. The van der Waals surface area contributed by atoms with Gasteiger partial charge < -0.3 is 5.73 Å². The molecule has 0 saturated heterocycles. The lowest BCUT2D eigenvalue weighted by Gasteiger charge is -2.03. The van der Waals surface area contributed by atoms with Crippen LogP contribution in [0.25, 0.3) is 0 Å². The molecule has 0 unspecified atom stereocenters. The number of hydrogen-bond acceptors (Lipinski definition) is 6. The van der Waals surface area contributed by atoms with Gasteiger partial charge in [-0.05, 0) is 28.9 Å². The Morgan fingerprint density at radius 3 is 2.72 bits per heavy atom. The van der Waals surface area contributed by atoms with E-state index in [4.69, 9.17) is 5.73 Å². The van der Waals surface area contributed by atoms with Gasteiger partial charge in [0.1, 0.15) is 4.90 Å². The molecule has 0 spiro atoms. The molecule has 0 saturated carbocycles. The van der Waals surface area contributed by atoms with E-state index in [0.717, 1.165) is 9.75 Å². The molecule has 0 aliphatic carbocycles. The zero-order valence-electron chi connectivity index (χ0n) is 9.31. The van der Waals surface area contributed by atoms with Crippen molar-refractivity contribution >= 4 is 53.8 Å². The number of aryl methyl sites for hydroxylation is 1. The Kier molecular flexibility index (Phi) is 4.07. The van der Waals surface area contributed by atoms with Gasteiger partial charge in [0.15, 0.2) is 5.13 Å². The first kappa shape index (κ1) is 13.9. The van der Waals surface area contributed by atoms with Gasteiger partial charge in [-0.3, -0.25) is 4.72 Å². The van der Waals surface area contributed by atoms with Gasteiger partial charge in [-0.2, -0.15) is 0 Å². The molecule has 18 heavy (non-hydrogen) atoms. The highest BCUT2D eigenvalue weighted by atomic mass is 79.9. The monoisotopic (exact) mass is 367 g/mol. The van der Waals surface area contributed by atoms with E-state index in [2.05, 4.69) is 25.6 Å². The molecular weight excluding hydrogens is 358 g/mol. The lowest BCUT2D eigenvalue weighted by molar-refractivity contribution is 0.601. The van der Waals surface area contributed by atoms with Crippen molar-refractivity contribution in [3.63, 3.8) is 0 Å². The number of nitrogens with two attached hydrogens (primary N) is 1. The molecule has 2 heterocycles. The largest absolute Gasteiger partial charge is 0.326 e. The van der Waals surface area contributed by atoms with E-state index in [9.17, 15) is 8.42 Å². The zero-order chi connectivity index (χ0) is 13.3. The van der Waals surface area contributed by atoms with E-state index in [1.54, 1.807) is 12.3 Å². The van der Waals surface area contributed by atoms with Crippen LogP contribution in [0, 0.1) is 6.92 Å². The van der Waals surface area contributed by atoms with Gasteiger partial charge in [-0.25, -0.2) is 13.4 Å². The maximum absolute atomic E-state index is 12.2. The number of sulfonamides is 1. The minimum absolute atomic E-state index is 0.195. The molecule has 98 valence electrons. The predicted octanol–water partition coefficient (Wildman–Crippen LogP) is 2.54. The van der Waals surface area contributed by atoms with E-state index in [0.29, 0.717) is 15.5 Å². The Morgan fingerprint density at radius 1 is 1.50 bits per heavy atom. The smallest absolute Gasteiger partial charge is 0.265 e. The molecule has 0 radical (unpaired) electrons. The predicted molar refractivity (Wildman–Crippen MR) is 77.6 cm³/mol. The second-order valence-corrected chi connectivity index (χ2v) is 8.78. The van der Waals surface area contributed by atoms with Crippen LogP contribution in [-0.2, 0) is 16.6 Å². The summed E-state index contributed by atoms with van der Waals surface area (Å²) in [7, 11) is -3.61. The third kappa shape index (κ3) is 2.91. The summed E-state index contributed by atoms with van der Waals surface area (Å²) in [5, 5.41) is 0.361. The van der Waals surface area contributed by atoms with E-state index in [1.165, 1.54) is 22.7 Å². The van der Waals surface area contributed by atoms with Crippen molar-refractivity contribution < 1.29 is 8.42 Å². The molecular formula is C9H10BrN3O2S3. The zero-order valence-corrected chi connectivity index (χ0v) is 13.3. The van der Waals surface area contributed by atoms with Gasteiger partial charge in [0.05, 0.1) is 3.79 Å². The highest BCUT2D eigenvalue weighted by molar-refractivity contribution is 9.11. The van der Waals surface area contributed by atoms with Crippen molar-refractivity contribution in [1.82, 2.24) is 4.98 Å². The van der Waals surface area contributed by atoms with Gasteiger partial charge in [-0.1, -0.05) is 0 Å². The van der Waals surface area contributed by atoms with Gasteiger partial charge in [0.25, 0.3) is 10.0 Å². The van der Waals surface area contributed by atoms with Crippen molar-refractivity contribution in [2.75, 3.05) is 4.72 Å². The highest BCUT2D eigenvalue weighted by Gasteiger charge is 2.21. The standard InChI is InChI=1S/C9H10BrN3O2S3/c1-5-4-12-9(16-5)13-18(14,15)7-2-6(3-11)17-8(7)10/h2,4H,3,11H2,1H3,(H,12,13). The van der Waals surface area contributed by atoms with Gasteiger partial charge in [0, 0.05) is 22.5 Å². The van der Waals surface area contributed by atoms with Crippen LogP contribution in [0.2, 0.25) is 0 Å². The first-order valence-corrected chi connectivity index (χ1v) is 8.77.